The Morgan fingerprint density at radius 2 is 2.29 bits per heavy atom. The van der Waals surface area contributed by atoms with Crippen molar-refractivity contribution in [2.45, 2.75) is 25.9 Å². The molecular formula is C16H25N7O. The summed E-state index contributed by atoms with van der Waals surface area (Å²) < 4.78 is 3.64. The number of aromatic nitrogens is 5. The third-order valence-corrected chi connectivity index (χ3v) is 4.48. The second-order valence-electron chi connectivity index (χ2n) is 6.63. The average Bonchev–Trinajstić information content (AvgIpc) is 3.19. The van der Waals surface area contributed by atoms with Gasteiger partial charge in [0.05, 0.1) is 12.7 Å². The highest BCUT2D eigenvalue weighted by atomic mass is 16.2. The second kappa shape index (κ2) is 7.57. The van der Waals surface area contributed by atoms with E-state index in [1.807, 2.05) is 25.0 Å². The van der Waals surface area contributed by atoms with Crippen molar-refractivity contribution in [3.63, 3.8) is 0 Å². The maximum absolute atomic E-state index is 12.5. The summed E-state index contributed by atoms with van der Waals surface area (Å²) in [7, 11) is 3.74. The molecule has 8 heteroatoms. The normalized spacial score (nSPS) is 18.7. The lowest BCUT2D eigenvalue weighted by molar-refractivity contribution is -0.132. The summed E-state index contributed by atoms with van der Waals surface area (Å²) in [5.41, 5.74) is 1.05. The minimum atomic E-state index is 0.153. The molecule has 0 radical (unpaired) electrons. The van der Waals surface area contributed by atoms with Crippen LogP contribution in [0.25, 0.3) is 0 Å². The molecule has 130 valence electrons. The molecule has 0 aliphatic carbocycles. The Morgan fingerprint density at radius 3 is 3.00 bits per heavy atom. The monoisotopic (exact) mass is 331 g/mol. The number of likely N-dealkylation sites (tertiary alicyclic amines) is 1. The molecule has 1 atom stereocenters. The fourth-order valence-corrected chi connectivity index (χ4v) is 3.26. The predicted octanol–water partition coefficient (Wildman–Crippen LogP) is 0.382. The molecule has 0 aromatic carbocycles. The SMILES string of the molecule is CN(Cc1cnn(C)c1)C(=O)CN1CCC[C@@H](Cn2cncn2)C1. The van der Waals surface area contributed by atoms with Gasteiger partial charge in [-0.1, -0.05) is 0 Å². The number of nitrogens with zero attached hydrogens (tertiary/aromatic N) is 7. The topological polar surface area (TPSA) is 72.1 Å². The van der Waals surface area contributed by atoms with Crippen molar-refractivity contribution in [1.82, 2.24) is 34.3 Å². The standard InChI is InChI=1S/C16H25N7O/c1-20(7-15-6-18-21(2)8-15)16(24)11-22-5-3-4-14(9-22)10-23-13-17-12-19-23/h6,8,12-14H,3-5,7,9-11H2,1-2H3/t14-/m1/s1. The molecule has 2 aromatic rings. The number of amides is 1. The highest BCUT2D eigenvalue weighted by Gasteiger charge is 2.23. The number of carbonyl (C=O) groups excluding carboxylic acids is 1. The quantitative estimate of drug-likeness (QED) is 0.765. The molecule has 1 aliphatic heterocycles. The van der Waals surface area contributed by atoms with Gasteiger partial charge in [-0.3, -0.25) is 19.1 Å². The van der Waals surface area contributed by atoms with Gasteiger partial charge in [0.1, 0.15) is 12.7 Å². The number of hydrogen-bond acceptors (Lipinski definition) is 5. The number of hydrogen-bond donors (Lipinski definition) is 0. The maximum Gasteiger partial charge on any atom is 0.236 e. The van der Waals surface area contributed by atoms with Crippen molar-refractivity contribution in [1.29, 1.82) is 0 Å². The Kier molecular flexibility index (Phi) is 5.24. The van der Waals surface area contributed by atoms with Gasteiger partial charge in [0.25, 0.3) is 0 Å². The summed E-state index contributed by atoms with van der Waals surface area (Å²) in [4.78, 5) is 20.5. The fraction of sp³-hybridized carbons (Fsp3) is 0.625. The maximum atomic E-state index is 12.5. The summed E-state index contributed by atoms with van der Waals surface area (Å²) >= 11 is 0. The zero-order chi connectivity index (χ0) is 16.9. The van der Waals surface area contributed by atoms with Crippen molar-refractivity contribution in [3.05, 3.63) is 30.6 Å². The van der Waals surface area contributed by atoms with Crippen molar-refractivity contribution >= 4 is 5.91 Å². The Morgan fingerprint density at radius 1 is 1.42 bits per heavy atom. The lowest BCUT2D eigenvalue weighted by Crippen LogP contribution is -2.43. The van der Waals surface area contributed by atoms with E-state index in [-0.39, 0.29) is 5.91 Å². The van der Waals surface area contributed by atoms with Crippen LogP contribution in [0.3, 0.4) is 0 Å². The van der Waals surface area contributed by atoms with Crippen LogP contribution in [-0.4, -0.2) is 66.9 Å². The first-order valence-electron chi connectivity index (χ1n) is 8.36. The zero-order valence-corrected chi connectivity index (χ0v) is 14.4. The molecule has 0 bridgehead atoms. The second-order valence-corrected chi connectivity index (χ2v) is 6.63. The molecule has 1 aliphatic rings. The molecule has 1 saturated heterocycles. The largest absolute Gasteiger partial charge is 0.340 e. The van der Waals surface area contributed by atoms with Crippen LogP contribution >= 0.6 is 0 Å². The van der Waals surface area contributed by atoms with Crippen LogP contribution in [0, 0.1) is 5.92 Å². The first-order valence-corrected chi connectivity index (χ1v) is 8.36. The molecule has 8 nitrogen and oxygen atoms in total. The molecule has 3 rings (SSSR count). The minimum Gasteiger partial charge on any atom is -0.340 e. The zero-order valence-electron chi connectivity index (χ0n) is 14.4. The number of carbonyl (C=O) groups is 1. The predicted molar refractivity (Wildman–Crippen MR) is 88.9 cm³/mol. The third kappa shape index (κ3) is 4.41. The Balaban J connectivity index is 1.48. The van der Waals surface area contributed by atoms with Gasteiger partial charge in [-0.2, -0.15) is 10.2 Å². The lowest BCUT2D eigenvalue weighted by Gasteiger charge is -2.33. The molecule has 0 saturated carbocycles. The lowest BCUT2D eigenvalue weighted by atomic mass is 9.98. The summed E-state index contributed by atoms with van der Waals surface area (Å²) in [6.07, 6.45) is 9.37. The van der Waals surface area contributed by atoms with Gasteiger partial charge in [-0.25, -0.2) is 4.98 Å². The van der Waals surface area contributed by atoms with Crippen LogP contribution in [-0.2, 0) is 24.9 Å². The number of aryl methyl sites for hydroxylation is 1. The van der Waals surface area contributed by atoms with E-state index in [1.165, 1.54) is 6.42 Å². The van der Waals surface area contributed by atoms with Crippen molar-refractivity contribution < 1.29 is 4.79 Å². The van der Waals surface area contributed by atoms with Gasteiger partial charge < -0.3 is 4.90 Å². The molecule has 0 unspecified atom stereocenters. The Labute approximate surface area is 142 Å². The van der Waals surface area contributed by atoms with Crippen LogP contribution in [0.4, 0.5) is 0 Å². The highest BCUT2D eigenvalue weighted by Crippen LogP contribution is 2.18. The molecular weight excluding hydrogens is 306 g/mol. The van der Waals surface area contributed by atoms with Crippen LogP contribution in [0.5, 0.6) is 0 Å². The van der Waals surface area contributed by atoms with E-state index < -0.39 is 0 Å². The van der Waals surface area contributed by atoms with E-state index in [9.17, 15) is 4.79 Å². The van der Waals surface area contributed by atoms with Gasteiger partial charge in [0.2, 0.25) is 5.91 Å². The molecule has 1 amide bonds. The Bertz CT molecular complexity index is 651. The summed E-state index contributed by atoms with van der Waals surface area (Å²) in [5, 5.41) is 8.32. The van der Waals surface area contributed by atoms with E-state index in [0.717, 1.165) is 31.6 Å². The average molecular weight is 331 g/mol. The first-order chi connectivity index (χ1) is 11.6. The molecule has 24 heavy (non-hydrogen) atoms. The number of likely N-dealkylation sites (N-methyl/N-ethyl adjacent to an activating group) is 1. The van der Waals surface area contributed by atoms with Crippen LogP contribution in [0.2, 0.25) is 0 Å². The smallest absolute Gasteiger partial charge is 0.236 e. The number of rotatable bonds is 6. The van der Waals surface area contributed by atoms with Crippen LogP contribution < -0.4 is 0 Å². The van der Waals surface area contributed by atoms with E-state index >= 15 is 0 Å². The van der Waals surface area contributed by atoms with Crippen molar-refractivity contribution in [3.8, 4) is 0 Å². The van der Waals surface area contributed by atoms with E-state index in [1.54, 1.807) is 28.4 Å². The summed E-state index contributed by atoms with van der Waals surface area (Å²) in [6, 6.07) is 0. The minimum absolute atomic E-state index is 0.153. The van der Waals surface area contributed by atoms with E-state index in [0.29, 0.717) is 19.0 Å². The van der Waals surface area contributed by atoms with Gasteiger partial charge in [0, 0.05) is 45.5 Å². The first kappa shape index (κ1) is 16.6. The van der Waals surface area contributed by atoms with E-state index in [4.69, 9.17) is 0 Å². The van der Waals surface area contributed by atoms with Crippen molar-refractivity contribution in [2.24, 2.45) is 13.0 Å². The third-order valence-electron chi connectivity index (χ3n) is 4.48. The van der Waals surface area contributed by atoms with Gasteiger partial charge in [0.15, 0.2) is 0 Å². The molecule has 0 N–H and O–H groups in total. The van der Waals surface area contributed by atoms with Gasteiger partial charge in [-0.15, -0.1) is 0 Å². The van der Waals surface area contributed by atoms with Crippen LogP contribution in [0.15, 0.2) is 25.0 Å². The Hall–Kier alpha value is -2.22. The van der Waals surface area contributed by atoms with Crippen molar-refractivity contribution in [2.75, 3.05) is 26.7 Å². The molecule has 1 fully saturated rings. The van der Waals surface area contributed by atoms with Gasteiger partial charge >= 0.3 is 0 Å². The van der Waals surface area contributed by atoms with Gasteiger partial charge in [-0.05, 0) is 25.3 Å². The fourth-order valence-electron chi connectivity index (χ4n) is 3.26. The summed E-state index contributed by atoms with van der Waals surface area (Å²) in [5.74, 6) is 0.678. The highest BCUT2D eigenvalue weighted by molar-refractivity contribution is 5.78. The van der Waals surface area contributed by atoms with Crippen LogP contribution in [0.1, 0.15) is 18.4 Å². The molecule has 2 aromatic heterocycles. The summed E-state index contributed by atoms with van der Waals surface area (Å²) in [6.45, 7) is 3.87. The van der Waals surface area contributed by atoms with E-state index in [2.05, 4.69) is 20.1 Å². The molecule has 3 heterocycles. The molecule has 0 spiro atoms. The number of piperidine rings is 1.